The van der Waals surface area contributed by atoms with Crippen LogP contribution in [0.3, 0.4) is 0 Å². The van der Waals surface area contributed by atoms with Gasteiger partial charge in [0, 0.05) is 26.2 Å². The van der Waals surface area contributed by atoms with Crippen LogP contribution >= 0.6 is 0 Å². The number of imidazole rings is 1. The number of anilines is 1. The van der Waals surface area contributed by atoms with Crippen LogP contribution < -0.4 is 4.90 Å². The predicted octanol–water partition coefficient (Wildman–Crippen LogP) is 2.40. The first-order valence-electron chi connectivity index (χ1n) is 8.47. The van der Waals surface area contributed by atoms with Crippen LogP contribution in [-0.2, 0) is 0 Å². The Morgan fingerprint density at radius 2 is 2.13 bits per heavy atom. The molecule has 124 valence electrons. The largest absolute Gasteiger partial charge is 0.392 e. The number of nitrogens with one attached hydrogen (secondary N) is 1. The Morgan fingerprint density at radius 1 is 1.26 bits per heavy atom. The molecule has 1 aromatic carbocycles. The maximum Gasteiger partial charge on any atom is 0.203 e. The molecule has 3 rings (SSSR count). The zero-order chi connectivity index (χ0) is 16.1. The molecule has 1 aliphatic rings. The Hall–Kier alpha value is -1.85. The summed E-state index contributed by atoms with van der Waals surface area (Å²) in [5.41, 5.74) is 2.10. The number of nitrogens with zero attached hydrogens (tertiary/aromatic N) is 3. The topological polar surface area (TPSA) is 55.4 Å². The molecule has 1 saturated heterocycles. The number of allylic oxidation sites excluding steroid dienone is 1. The van der Waals surface area contributed by atoms with Gasteiger partial charge >= 0.3 is 0 Å². The van der Waals surface area contributed by atoms with E-state index >= 15 is 0 Å². The molecule has 2 N–H and O–H groups in total. The van der Waals surface area contributed by atoms with Crippen molar-refractivity contribution in [3.05, 3.63) is 36.9 Å². The number of aliphatic hydroxyl groups is 1. The molecule has 2 aromatic rings. The van der Waals surface area contributed by atoms with Gasteiger partial charge in [-0.25, -0.2) is 4.98 Å². The quantitative estimate of drug-likeness (QED) is 0.804. The second kappa shape index (κ2) is 7.62. The number of rotatable bonds is 6. The predicted molar refractivity (Wildman–Crippen MR) is 94.8 cm³/mol. The molecule has 0 bridgehead atoms. The molecular weight excluding hydrogens is 288 g/mol. The number of aromatic nitrogens is 2. The van der Waals surface area contributed by atoms with Gasteiger partial charge in [-0.15, -0.1) is 6.58 Å². The van der Waals surface area contributed by atoms with Crippen molar-refractivity contribution in [2.75, 3.05) is 37.6 Å². The monoisotopic (exact) mass is 314 g/mol. The molecule has 2 heterocycles. The van der Waals surface area contributed by atoms with Crippen molar-refractivity contribution in [1.29, 1.82) is 0 Å². The molecule has 5 nitrogen and oxygen atoms in total. The molecule has 1 fully saturated rings. The Morgan fingerprint density at radius 3 is 2.96 bits per heavy atom. The number of hydrogen-bond acceptors (Lipinski definition) is 4. The second-order valence-corrected chi connectivity index (χ2v) is 6.24. The average molecular weight is 314 g/mol. The lowest BCUT2D eigenvalue weighted by Crippen LogP contribution is -2.36. The molecule has 1 atom stereocenters. The number of aliphatic hydroxyl groups excluding tert-OH is 1. The van der Waals surface area contributed by atoms with E-state index in [0.29, 0.717) is 0 Å². The van der Waals surface area contributed by atoms with Crippen LogP contribution in [0.5, 0.6) is 0 Å². The average Bonchev–Trinajstić information content (AvgIpc) is 2.86. The van der Waals surface area contributed by atoms with E-state index < -0.39 is 0 Å². The summed E-state index contributed by atoms with van der Waals surface area (Å²) in [5, 5.41) is 10.1. The fraction of sp³-hybridized carbons (Fsp3) is 0.500. The lowest BCUT2D eigenvalue weighted by molar-refractivity contribution is 0.110. The minimum absolute atomic E-state index is 0.259. The summed E-state index contributed by atoms with van der Waals surface area (Å²) in [6.07, 6.45) is 4.37. The van der Waals surface area contributed by atoms with Crippen molar-refractivity contribution in [1.82, 2.24) is 14.9 Å². The summed E-state index contributed by atoms with van der Waals surface area (Å²) in [7, 11) is 0. The summed E-state index contributed by atoms with van der Waals surface area (Å²) in [6, 6.07) is 8.14. The van der Waals surface area contributed by atoms with E-state index in [1.165, 1.54) is 0 Å². The van der Waals surface area contributed by atoms with Crippen LogP contribution in [0.15, 0.2) is 36.9 Å². The highest BCUT2D eigenvalue weighted by molar-refractivity contribution is 5.77. The standard InChI is InChI=1S/C18H26N4O/c1-2-3-7-15(23)14-21-10-6-11-22(13-12-21)18-19-16-8-4-5-9-17(16)20-18/h2,4-5,8-9,15,23H,1,3,6-7,10-14H2,(H,19,20)/t15-/m0/s1. The number of para-hydroxylation sites is 2. The molecule has 0 saturated carbocycles. The van der Waals surface area contributed by atoms with E-state index in [4.69, 9.17) is 4.98 Å². The maximum absolute atomic E-state index is 10.1. The van der Waals surface area contributed by atoms with Crippen molar-refractivity contribution in [3.63, 3.8) is 0 Å². The Kier molecular flexibility index (Phi) is 5.31. The van der Waals surface area contributed by atoms with E-state index in [9.17, 15) is 5.11 Å². The zero-order valence-corrected chi connectivity index (χ0v) is 13.6. The summed E-state index contributed by atoms with van der Waals surface area (Å²) < 4.78 is 0. The van der Waals surface area contributed by atoms with Gasteiger partial charge in [0.2, 0.25) is 5.95 Å². The molecule has 1 aliphatic heterocycles. The van der Waals surface area contributed by atoms with Crippen molar-refractivity contribution in [3.8, 4) is 0 Å². The van der Waals surface area contributed by atoms with Crippen molar-refractivity contribution >= 4 is 17.0 Å². The lowest BCUT2D eigenvalue weighted by atomic mass is 10.2. The molecule has 0 radical (unpaired) electrons. The first-order valence-corrected chi connectivity index (χ1v) is 8.47. The number of H-pyrrole nitrogens is 1. The van der Waals surface area contributed by atoms with Gasteiger partial charge in [0.05, 0.1) is 17.1 Å². The Balaban J connectivity index is 1.58. The van der Waals surface area contributed by atoms with Crippen LogP contribution in [-0.4, -0.2) is 58.8 Å². The Labute approximate surface area is 137 Å². The number of hydrogen-bond donors (Lipinski definition) is 2. The minimum Gasteiger partial charge on any atom is -0.392 e. The van der Waals surface area contributed by atoms with Gasteiger partial charge < -0.3 is 15.0 Å². The van der Waals surface area contributed by atoms with Crippen LogP contribution in [0, 0.1) is 0 Å². The fourth-order valence-corrected chi connectivity index (χ4v) is 3.15. The van der Waals surface area contributed by atoms with Crippen molar-refractivity contribution in [2.24, 2.45) is 0 Å². The van der Waals surface area contributed by atoms with Gasteiger partial charge in [-0.1, -0.05) is 18.2 Å². The van der Waals surface area contributed by atoms with Crippen LogP contribution in [0.2, 0.25) is 0 Å². The highest BCUT2D eigenvalue weighted by Crippen LogP contribution is 2.18. The minimum atomic E-state index is -0.259. The van der Waals surface area contributed by atoms with E-state index in [-0.39, 0.29) is 6.10 Å². The summed E-state index contributed by atoms with van der Waals surface area (Å²) >= 11 is 0. The van der Waals surface area contributed by atoms with Crippen LogP contribution in [0.25, 0.3) is 11.0 Å². The van der Waals surface area contributed by atoms with Gasteiger partial charge in [-0.2, -0.15) is 0 Å². The van der Waals surface area contributed by atoms with Gasteiger partial charge in [-0.3, -0.25) is 4.90 Å². The fourth-order valence-electron chi connectivity index (χ4n) is 3.15. The third-order valence-corrected chi connectivity index (χ3v) is 4.44. The van der Waals surface area contributed by atoms with Crippen LogP contribution in [0.4, 0.5) is 5.95 Å². The first-order chi connectivity index (χ1) is 11.3. The normalized spacial score (nSPS) is 18.0. The number of β-amino-alcohol motifs (C(OH)–C–C–N with tert-alkyl or cyclic N) is 1. The molecule has 0 unspecified atom stereocenters. The van der Waals surface area contributed by atoms with Gasteiger partial charge in [0.1, 0.15) is 0 Å². The summed E-state index contributed by atoms with van der Waals surface area (Å²) in [6.45, 7) is 8.39. The van der Waals surface area contributed by atoms with E-state index in [2.05, 4.69) is 27.4 Å². The molecular formula is C18H26N4O. The number of benzene rings is 1. The van der Waals surface area contributed by atoms with E-state index in [1.54, 1.807) is 0 Å². The number of aromatic amines is 1. The molecule has 5 heteroatoms. The lowest BCUT2D eigenvalue weighted by Gasteiger charge is -2.23. The van der Waals surface area contributed by atoms with Gasteiger partial charge in [0.25, 0.3) is 0 Å². The molecule has 0 amide bonds. The Bertz CT molecular complexity index is 606. The maximum atomic E-state index is 10.1. The third kappa shape index (κ3) is 4.12. The molecule has 0 spiro atoms. The highest BCUT2D eigenvalue weighted by Gasteiger charge is 2.19. The highest BCUT2D eigenvalue weighted by atomic mass is 16.3. The SMILES string of the molecule is C=CCC[C@H](O)CN1CCCN(c2nc3ccccc3[nH]2)CC1. The summed E-state index contributed by atoms with van der Waals surface area (Å²) in [5.74, 6) is 0.959. The van der Waals surface area contributed by atoms with Crippen LogP contribution in [0.1, 0.15) is 19.3 Å². The summed E-state index contributed by atoms with van der Waals surface area (Å²) in [4.78, 5) is 12.8. The zero-order valence-electron chi connectivity index (χ0n) is 13.6. The van der Waals surface area contributed by atoms with Crippen molar-refractivity contribution in [2.45, 2.75) is 25.4 Å². The number of fused-ring (bicyclic) bond motifs is 1. The van der Waals surface area contributed by atoms with Gasteiger partial charge in [0.15, 0.2) is 0 Å². The molecule has 0 aliphatic carbocycles. The smallest absolute Gasteiger partial charge is 0.203 e. The second-order valence-electron chi connectivity index (χ2n) is 6.24. The molecule has 23 heavy (non-hydrogen) atoms. The third-order valence-electron chi connectivity index (χ3n) is 4.44. The van der Waals surface area contributed by atoms with E-state index in [0.717, 1.165) is 69.0 Å². The van der Waals surface area contributed by atoms with E-state index in [1.807, 2.05) is 24.3 Å². The first kappa shape index (κ1) is 16.0. The van der Waals surface area contributed by atoms with Gasteiger partial charge in [-0.05, 0) is 37.9 Å². The van der Waals surface area contributed by atoms with Crippen molar-refractivity contribution < 1.29 is 5.11 Å². The molecule has 1 aromatic heterocycles.